The summed E-state index contributed by atoms with van der Waals surface area (Å²) in [7, 11) is 0. The van der Waals surface area contributed by atoms with Crippen molar-refractivity contribution in [1.82, 2.24) is 24.8 Å². The monoisotopic (exact) mass is 366 g/mol. The van der Waals surface area contributed by atoms with Crippen LogP contribution in [0.4, 0.5) is 10.9 Å². The van der Waals surface area contributed by atoms with Gasteiger partial charge in [0.05, 0.1) is 5.56 Å². The Morgan fingerprint density at radius 3 is 3.04 bits per heavy atom. The van der Waals surface area contributed by atoms with Gasteiger partial charge in [-0.3, -0.25) is 9.78 Å². The van der Waals surface area contributed by atoms with Crippen molar-refractivity contribution in [3.05, 3.63) is 59.3 Å². The maximum absolute atomic E-state index is 12.6. The molecule has 4 heterocycles. The van der Waals surface area contributed by atoms with Crippen LogP contribution in [0, 0.1) is 6.92 Å². The van der Waals surface area contributed by atoms with Gasteiger partial charge >= 0.3 is 0 Å². The standard InChI is InChI=1S/C18H18N6OS/c1-12-9-15(23-18-20-6-8-26-18)22-16(21-12)14-4-7-24(11-14)17(25)13-3-2-5-19-10-13/h2-3,5-6,8-10,14H,4,7,11H2,1H3,(H,20,21,22,23). The highest BCUT2D eigenvalue weighted by Crippen LogP contribution is 2.27. The Balaban J connectivity index is 1.50. The second-order valence-corrected chi connectivity index (χ2v) is 7.09. The van der Waals surface area contributed by atoms with Gasteiger partial charge in [0.15, 0.2) is 5.13 Å². The van der Waals surface area contributed by atoms with Gasteiger partial charge in [-0.05, 0) is 25.5 Å². The molecule has 0 aliphatic carbocycles. The first-order chi connectivity index (χ1) is 12.7. The van der Waals surface area contributed by atoms with Crippen molar-refractivity contribution < 1.29 is 4.79 Å². The third-order valence-electron chi connectivity index (χ3n) is 4.29. The van der Waals surface area contributed by atoms with Crippen LogP contribution in [-0.4, -0.2) is 43.8 Å². The molecule has 0 bridgehead atoms. The van der Waals surface area contributed by atoms with Crippen LogP contribution in [0.5, 0.6) is 0 Å². The Bertz CT molecular complexity index is 899. The molecule has 1 saturated heterocycles. The zero-order chi connectivity index (χ0) is 17.9. The Labute approximate surface area is 155 Å². The van der Waals surface area contributed by atoms with Crippen LogP contribution in [0.3, 0.4) is 0 Å². The molecule has 4 rings (SSSR count). The molecule has 1 atom stereocenters. The quantitative estimate of drug-likeness (QED) is 0.764. The lowest BCUT2D eigenvalue weighted by Crippen LogP contribution is -2.28. The van der Waals surface area contributed by atoms with E-state index in [9.17, 15) is 4.79 Å². The Morgan fingerprint density at radius 1 is 1.35 bits per heavy atom. The first kappa shape index (κ1) is 16.6. The summed E-state index contributed by atoms with van der Waals surface area (Å²) in [6.45, 7) is 3.27. The van der Waals surface area contributed by atoms with E-state index in [-0.39, 0.29) is 11.8 Å². The third kappa shape index (κ3) is 3.55. The van der Waals surface area contributed by atoms with Gasteiger partial charge in [-0.15, -0.1) is 11.3 Å². The molecule has 26 heavy (non-hydrogen) atoms. The molecule has 3 aromatic heterocycles. The summed E-state index contributed by atoms with van der Waals surface area (Å²) in [5, 5.41) is 5.93. The summed E-state index contributed by atoms with van der Waals surface area (Å²) in [5.41, 5.74) is 1.51. The van der Waals surface area contributed by atoms with E-state index >= 15 is 0 Å². The van der Waals surface area contributed by atoms with E-state index in [1.807, 2.05) is 23.3 Å². The van der Waals surface area contributed by atoms with Gasteiger partial charge in [0, 0.05) is 54.7 Å². The van der Waals surface area contributed by atoms with Gasteiger partial charge in [0.2, 0.25) is 0 Å². The van der Waals surface area contributed by atoms with E-state index in [1.54, 1.807) is 30.7 Å². The molecule has 1 fully saturated rings. The summed E-state index contributed by atoms with van der Waals surface area (Å²) in [5.74, 6) is 1.65. The highest BCUT2D eigenvalue weighted by Gasteiger charge is 2.30. The van der Waals surface area contributed by atoms with Crippen LogP contribution in [-0.2, 0) is 0 Å². The predicted molar refractivity (Wildman–Crippen MR) is 99.7 cm³/mol. The number of nitrogens with zero attached hydrogens (tertiary/aromatic N) is 5. The molecule has 132 valence electrons. The minimum Gasteiger partial charge on any atom is -0.338 e. The van der Waals surface area contributed by atoms with E-state index < -0.39 is 0 Å². The normalized spacial score (nSPS) is 16.7. The number of hydrogen-bond donors (Lipinski definition) is 1. The number of pyridine rings is 1. The van der Waals surface area contributed by atoms with Crippen molar-refractivity contribution in [2.75, 3.05) is 18.4 Å². The number of carbonyl (C=O) groups is 1. The maximum Gasteiger partial charge on any atom is 0.255 e. The third-order valence-corrected chi connectivity index (χ3v) is 4.98. The molecule has 1 unspecified atom stereocenters. The molecular weight excluding hydrogens is 348 g/mol. The molecule has 1 amide bonds. The lowest BCUT2D eigenvalue weighted by molar-refractivity contribution is 0.0790. The van der Waals surface area contributed by atoms with Crippen LogP contribution < -0.4 is 5.32 Å². The first-order valence-corrected chi connectivity index (χ1v) is 9.28. The zero-order valence-corrected chi connectivity index (χ0v) is 15.1. The molecule has 1 aliphatic heterocycles. The number of likely N-dealkylation sites (tertiary alicyclic amines) is 1. The summed E-state index contributed by atoms with van der Waals surface area (Å²) in [6, 6.07) is 5.47. The van der Waals surface area contributed by atoms with Gasteiger partial charge in [0.25, 0.3) is 5.91 Å². The number of aromatic nitrogens is 4. The highest BCUT2D eigenvalue weighted by molar-refractivity contribution is 7.13. The van der Waals surface area contributed by atoms with Crippen molar-refractivity contribution in [1.29, 1.82) is 0 Å². The first-order valence-electron chi connectivity index (χ1n) is 8.40. The molecule has 3 aromatic rings. The lowest BCUT2D eigenvalue weighted by atomic mass is 10.1. The van der Waals surface area contributed by atoms with Crippen molar-refractivity contribution in [3.63, 3.8) is 0 Å². The van der Waals surface area contributed by atoms with Crippen LogP contribution in [0.15, 0.2) is 42.2 Å². The van der Waals surface area contributed by atoms with Crippen molar-refractivity contribution in [2.24, 2.45) is 0 Å². The fraction of sp³-hybridized carbons (Fsp3) is 0.278. The van der Waals surface area contributed by atoms with Crippen molar-refractivity contribution in [3.8, 4) is 0 Å². The van der Waals surface area contributed by atoms with Crippen LogP contribution in [0.1, 0.15) is 34.2 Å². The summed E-state index contributed by atoms with van der Waals surface area (Å²) < 4.78 is 0. The smallest absolute Gasteiger partial charge is 0.255 e. The maximum atomic E-state index is 12.6. The van der Waals surface area contributed by atoms with Crippen molar-refractivity contribution in [2.45, 2.75) is 19.3 Å². The number of nitrogens with one attached hydrogen (secondary N) is 1. The summed E-state index contributed by atoms with van der Waals surface area (Å²) in [4.78, 5) is 31.9. The molecule has 7 nitrogen and oxygen atoms in total. The second-order valence-electron chi connectivity index (χ2n) is 6.19. The Morgan fingerprint density at radius 2 is 2.27 bits per heavy atom. The number of anilines is 2. The molecule has 8 heteroatoms. The number of hydrogen-bond acceptors (Lipinski definition) is 7. The highest BCUT2D eigenvalue weighted by atomic mass is 32.1. The van der Waals surface area contributed by atoms with E-state index in [4.69, 9.17) is 0 Å². The van der Waals surface area contributed by atoms with E-state index in [2.05, 4.69) is 25.3 Å². The number of carbonyl (C=O) groups excluding carboxylic acids is 1. The van der Waals surface area contributed by atoms with E-state index in [0.29, 0.717) is 18.7 Å². The Kier molecular flexibility index (Phi) is 4.57. The zero-order valence-electron chi connectivity index (χ0n) is 14.3. The van der Waals surface area contributed by atoms with Gasteiger partial charge in [0.1, 0.15) is 11.6 Å². The Hall–Kier alpha value is -2.87. The number of aryl methyl sites for hydroxylation is 1. The summed E-state index contributed by atoms with van der Waals surface area (Å²) >= 11 is 1.52. The van der Waals surface area contributed by atoms with E-state index in [1.165, 1.54) is 11.3 Å². The minimum absolute atomic E-state index is 0.00869. The second kappa shape index (κ2) is 7.17. The minimum atomic E-state index is 0.00869. The summed E-state index contributed by atoms with van der Waals surface area (Å²) in [6.07, 6.45) is 5.88. The molecule has 0 aromatic carbocycles. The van der Waals surface area contributed by atoms with Gasteiger partial charge in [-0.25, -0.2) is 15.0 Å². The largest absolute Gasteiger partial charge is 0.338 e. The molecule has 1 aliphatic rings. The molecule has 0 spiro atoms. The van der Waals surface area contributed by atoms with Crippen molar-refractivity contribution >= 4 is 28.2 Å². The fourth-order valence-electron chi connectivity index (χ4n) is 3.06. The number of amides is 1. The van der Waals surface area contributed by atoms with Gasteiger partial charge in [-0.1, -0.05) is 0 Å². The van der Waals surface area contributed by atoms with Crippen LogP contribution in [0.2, 0.25) is 0 Å². The number of thiazole rings is 1. The van der Waals surface area contributed by atoms with E-state index in [0.717, 1.165) is 28.9 Å². The van der Waals surface area contributed by atoms with Gasteiger partial charge in [-0.2, -0.15) is 0 Å². The topological polar surface area (TPSA) is 83.9 Å². The molecule has 1 N–H and O–H groups in total. The molecular formula is C18H18N6OS. The predicted octanol–water partition coefficient (Wildman–Crippen LogP) is 3.01. The average Bonchev–Trinajstić information content (AvgIpc) is 3.33. The molecule has 0 saturated carbocycles. The average molecular weight is 366 g/mol. The lowest BCUT2D eigenvalue weighted by Gasteiger charge is -2.16. The van der Waals surface area contributed by atoms with Gasteiger partial charge < -0.3 is 10.2 Å². The number of rotatable bonds is 4. The molecule has 0 radical (unpaired) electrons. The fourth-order valence-corrected chi connectivity index (χ4v) is 3.60. The van der Waals surface area contributed by atoms with Crippen LogP contribution >= 0.6 is 11.3 Å². The van der Waals surface area contributed by atoms with Crippen LogP contribution in [0.25, 0.3) is 0 Å². The SMILES string of the molecule is Cc1cc(Nc2nccs2)nc(C2CCN(C(=O)c3cccnc3)C2)n1.